The van der Waals surface area contributed by atoms with Crippen LogP contribution in [0.3, 0.4) is 0 Å². The molecule has 0 aliphatic heterocycles. The first-order chi connectivity index (χ1) is 10.6. The summed E-state index contributed by atoms with van der Waals surface area (Å²) in [6, 6.07) is 4.49. The molecule has 0 atom stereocenters. The molecule has 1 aromatic carbocycles. The highest BCUT2D eigenvalue weighted by molar-refractivity contribution is 5.57. The third-order valence-corrected chi connectivity index (χ3v) is 2.98. The highest BCUT2D eigenvalue weighted by Crippen LogP contribution is 2.23. The van der Waals surface area contributed by atoms with Gasteiger partial charge in [-0.25, -0.2) is 9.37 Å². The minimum atomic E-state index is -0.471. The average molecular weight is 308 g/mol. The summed E-state index contributed by atoms with van der Waals surface area (Å²) in [5.74, 6) is 0.655. The molecule has 5 nitrogen and oxygen atoms in total. The van der Waals surface area contributed by atoms with Gasteiger partial charge in [-0.05, 0) is 25.5 Å². The number of nitrogens with zero attached hydrogens (tertiary/aromatic N) is 2. The molecule has 2 rings (SSSR count). The van der Waals surface area contributed by atoms with E-state index in [2.05, 4.69) is 20.6 Å². The molecule has 2 N–H and O–H groups in total. The van der Waals surface area contributed by atoms with E-state index >= 15 is 0 Å². The highest BCUT2D eigenvalue weighted by Gasteiger charge is 2.07. The number of alkyl halides is 1. The Bertz CT molecular complexity index is 637. The van der Waals surface area contributed by atoms with Crippen LogP contribution in [0.15, 0.2) is 24.4 Å². The van der Waals surface area contributed by atoms with Gasteiger partial charge in [-0.1, -0.05) is 0 Å². The molecule has 22 heavy (non-hydrogen) atoms. The number of methoxy groups -OCH3 is 1. The third-order valence-electron chi connectivity index (χ3n) is 2.98. The Hall–Kier alpha value is -2.44. The normalized spacial score (nSPS) is 10.4. The summed E-state index contributed by atoms with van der Waals surface area (Å²) in [6.45, 7) is 1.97. The van der Waals surface area contributed by atoms with Gasteiger partial charge in [0.25, 0.3) is 0 Å². The first kappa shape index (κ1) is 15.9. The molecule has 118 valence electrons. The van der Waals surface area contributed by atoms with Crippen molar-refractivity contribution in [3.05, 3.63) is 35.8 Å². The van der Waals surface area contributed by atoms with Crippen LogP contribution in [0.2, 0.25) is 0 Å². The van der Waals surface area contributed by atoms with Crippen LogP contribution < -0.4 is 15.4 Å². The molecule has 0 amide bonds. The van der Waals surface area contributed by atoms with Crippen molar-refractivity contribution < 1.29 is 13.5 Å². The molecule has 0 bridgehead atoms. The van der Waals surface area contributed by atoms with Gasteiger partial charge in [0.05, 0.1) is 13.8 Å². The van der Waals surface area contributed by atoms with Gasteiger partial charge in [0, 0.05) is 30.1 Å². The standard InChI is InChI=1S/C15H18F2N4O/c1-10-9-19-15(21-14(10)18-7-3-6-16)20-11-4-5-13(22-2)12(17)8-11/h4-5,8-9H,3,6-7H2,1-2H3,(H2,18,19,20,21). The van der Waals surface area contributed by atoms with E-state index in [9.17, 15) is 8.78 Å². The monoisotopic (exact) mass is 308 g/mol. The number of ether oxygens (including phenoxy) is 1. The lowest BCUT2D eigenvalue weighted by Crippen LogP contribution is -2.08. The van der Waals surface area contributed by atoms with Gasteiger partial charge in [-0.3, -0.25) is 4.39 Å². The molecule has 0 saturated heterocycles. The second-order valence-electron chi connectivity index (χ2n) is 4.67. The minimum Gasteiger partial charge on any atom is -0.494 e. The predicted molar refractivity (Wildman–Crippen MR) is 82.1 cm³/mol. The Labute approximate surface area is 127 Å². The van der Waals surface area contributed by atoms with Gasteiger partial charge >= 0.3 is 0 Å². The topological polar surface area (TPSA) is 59.1 Å². The molecular formula is C15H18F2N4O. The number of benzene rings is 1. The molecular weight excluding hydrogens is 290 g/mol. The van der Waals surface area contributed by atoms with E-state index < -0.39 is 5.82 Å². The second kappa shape index (κ2) is 7.53. The van der Waals surface area contributed by atoms with E-state index in [1.165, 1.54) is 19.2 Å². The highest BCUT2D eigenvalue weighted by atomic mass is 19.1. The van der Waals surface area contributed by atoms with Crippen molar-refractivity contribution in [3.63, 3.8) is 0 Å². The Balaban J connectivity index is 2.12. The van der Waals surface area contributed by atoms with Crippen LogP contribution in [0.4, 0.5) is 26.2 Å². The molecule has 1 heterocycles. The fourth-order valence-electron chi connectivity index (χ4n) is 1.83. The molecule has 0 saturated carbocycles. The molecule has 0 aliphatic carbocycles. The van der Waals surface area contributed by atoms with Crippen LogP contribution in [0, 0.1) is 12.7 Å². The maximum atomic E-state index is 13.6. The smallest absolute Gasteiger partial charge is 0.229 e. The Morgan fingerprint density at radius 3 is 2.82 bits per heavy atom. The second-order valence-corrected chi connectivity index (χ2v) is 4.67. The van der Waals surface area contributed by atoms with E-state index in [0.717, 1.165) is 5.56 Å². The molecule has 2 aromatic rings. The van der Waals surface area contributed by atoms with E-state index in [-0.39, 0.29) is 12.4 Å². The summed E-state index contributed by atoms with van der Waals surface area (Å²) in [6.07, 6.45) is 2.06. The van der Waals surface area contributed by atoms with Crippen LogP contribution in [-0.4, -0.2) is 30.3 Å². The first-order valence-electron chi connectivity index (χ1n) is 6.88. The maximum absolute atomic E-state index is 13.6. The number of aryl methyl sites for hydroxylation is 1. The van der Waals surface area contributed by atoms with Gasteiger partial charge < -0.3 is 15.4 Å². The third kappa shape index (κ3) is 4.03. The fraction of sp³-hybridized carbons (Fsp3) is 0.333. The Kier molecular flexibility index (Phi) is 5.46. The number of rotatable bonds is 7. The summed E-state index contributed by atoms with van der Waals surface area (Å²) in [7, 11) is 1.41. The number of aromatic nitrogens is 2. The zero-order valence-corrected chi connectivity index (χ0v) is 12.5. The zero-order chi connectivity index (χ0) is 15.9. The summed E-state index contributed by atoms with van der Waals surface area (Å²) in [5.41, 5.74) is 1.36. The van der Waals surface area contributed by atoms with Crippen LogP contribution in [-0.2, 0) is 0 Å². The summed E-state index contributed by atoms with van der Waals surface area (Å²) < 4.78 is 30.6. The van der Waals surface area contributed by atoms with Crippen molar-refractivity contribution >= 4 is 17.5 Å². The fourth-order valence-corrected chi connectivity index (χ4v) is 1.83. The molecule has 0 unspecified atom stereocenters. The molecule has 0 fully saturated rings. The van der Waals surface area contributed by atoms with Crippen molar-refractivity contribution in [2.24, 2.45) is 0 Å². The Morgan fingerprint density at radius 2 is 2.14 bits per heavy atom. The van der Waals surface area contributed by atoms with Gasteiger partial charge in [0.2, 0.25) is 5.95 Å². The summed E-state index contributed by atoms with van der Waals surface area (Å²) in [4.78, 5) is 8.45. The van der Waals surface area contributed by atoms with Crippen LogP contribution >= 0.6 is 0 Å². The molecule has 0 spiro atoms. The van der Waals surface area contributed by atoms with Crippen LogP contribution in [0.5, 0.6) is 5.75 Å². The molecule has 0 aliphatic rings. The van der Waals surface area contributed by atoms with Crippen LogP contribution in [0.1, 0.15) is 12.0 Å². The number of anilines is 3. The average Bonchev–Trinajstić information content (AvgIpc) is 2.51. The SMILES string of the molecule is COc1ccc(Nc2ncc(C)c(NCCCF)n2)cc1F. The number of hydrogen-bond acceptors (Lipinski definition) is 5. The maximum Gasteiger partial charge on any atom is 0.229 e. The Morgan fingerprint density at radius 1 is 1.32 bits per heavy atom. The zero-order valence-electron chi connectivity index (χ0n) is 12.5. The lowest BCUT2D eigenvalue weighted by Gasteiger charge is -2.11. The largest absolute Gasteiger partial charge is 0.494 e. The molecule has 0 radical (unpaired) electrons. The molecule has 7 heteroatoms. The number of halogens is 2. The first-order valence-corrected chi connectivity index (χ1v) is 6.88. The quantitative estimate of drug-likeness (QED) is 0.767. The lowest BCUT2D eigenvalue weighted by molar-refractivity contribution is 0.386. The van der Waals surface area contributed by atoms with E-state index in [0.29, 0.717) is 30.4 Å². The van der Waals surface area contributed by atoms with E-state index in [1.54, 1.807) is 12.3 Å². The predicted octanol–water partition coefficient (Wildman–Crippen LogP) is 3.45. The van der Waals surface area contributed by atoms with E-state index in [1.807, 2.05) is 6.92 Å². The van der Waals surface area contributed by atoms with Crippen molar-refractivity contribution in [3.8, 4) is 5.75 Å². The van der Waals surface area contributed by atoms with Crippen molar-refractivity contribution in [2.45, 2.75) is 13.3 Å². The van der Waals surface area contributed by atoms with Crippen molar-refractivity contribution in [1.82, 2.24) is 9.97 Å². The summed E-state index contributed by atoms with van der Waals surface area (Å²) in [5, 5.41) is 5.97. The number of nitrogens with one attached hydrogen (secondary N) is 2. The van der Waals surface area contributed by atoms with Gasteiger partial charge in [-0.2, -0.15) is 4.98 Å². The number of hydrogen-bond donors (Lipinski definition) is 2. The minimum absolute atomic E-state index is 0.170. The van der Waals surface area contributed by atoms with E-state index in [4.69, 9.17) is 4.74 Å². The summed E-state index contributed by atoms with van der Waals surface area (Å²) >= 11 is 0. The van der Waals surface area contributed by atoms with Gasteiger partial charge in [0.15, 0.2) is 11.6 Å². The van der Waals surface area contributed by atoms with Crippen molar-refractivity contribution in [2.75, 3.05) is 31.0 Å². The van der Waals surface area contributed by atoms with Gasteiger partial charge in [0.1, 0.15) is 5.82 Å². The van der Waals surface area contributed by atoms with Gasteiger partial charge in [-0.15, -0.1) is 0 Å². The van der Waals surface area contributed by atoms with Crippen molar-refractivity contribution in [1.29, 1.82) is 0 Å². The molecule has 1 aromatic heterocycles. The lowest BCUT2D eigenvalue weighted by atomic mass is 10.3. The van der Waals surface area contributed by atoms with Crippen LogP contribution in [0.25, 0.3) is 0 Å².